The van der Waals surface area contributed by atoms with Crippen molar-refractivity contribution in [2.45, 2.75) is 96.9 Å². The minimum Gasteiger partial charge on any atom is -0.383 e. The van der Waals surface area contributed by atoms with Gasteiger partial charge in [0.05, 0.1) is 37.4 Å². The molecule has 2 heterocycles. The zero-order chi connectivity index (χ0) is 28.6. The molecule has 3 amide bonds. The van der Waals surface area contributed by atoms with Gasteiger partial charge in [0.1, 0.15) is 6.04 Å². The molecule has 0 unspecified atom stereocenters. The fraction of sp³-hybridized carbons (Fsp3) is 0.828. The van der Waals surface area contributed by atoms with Crippen molar-refractivity contribution in [1.82, 2.24) is 20.0 Å². The van der Waals surface area contributed by atoms with Crippen LogP contribution >= 0.6 is 0 Å². The molecular formula is C29H52N4O5. The smallest absolute Gasteiger partial charge is 0.249 e. The number of methoxy groups -OCH3 is 2. The van der Waals surface area contributed by atoms with Gasteiger partial charge in [-0.25, -0.2) is 0 Å². The van der Waals surface area contributed by atoms with E-state index in [1.165, 1.54) is 0 Å². The summed E-state index contributed by atoms with van der Waals surface area (Å²) >= 11 is 0. The summed E-state index contributed by atoms with van der Waals surface area (Å²) in [5.41, 5.74) is 0.599. The number of nitrogens with zero attached hydrogens (tertiary/aromatic N) is 3. The highest BCUT2D eigenvalue weighted by Crippen LogP contribution is 2.27. The SMILES string of the molecule is COC[C@@H]1CC[C@@H](COC)N1C(=O)C(C)=C[C@H](C(C)C)N(C)C(=O)[C@@H](NC(=O)[C@H]1CCCCN1C)C(C)C. The molecule has 2 saturated heterocycles. The van der Waals surface area contributed by atoms with E-state index in [0.29, 0.717) is 18.8 Å². The van der Waals surface area contributed by atoms with Gasteiger partial charge in [0.2, 0.25) is 17.7 Å². The van der Waals surface area contributed by atoms with E-state index in [2.05, 4.69) is 10.2 Å². The minimum atomic E-state index is -0.635. The minimum absolute atomic E-state index is 0.00585. The third-order valence-electron chi connectivity index (χ3n) is 8.11. The predicted octanol–water partition coefficient (Wildman–Crippen LogP) is 2.69. The molecule has 0 bridgehead atoms. The molecule has 2 rings (SSSR count). The van der Waals surface area contributed by atoms with Crippen LogP contribution in [0.1, 0.15) is 66.7 Å². The van der Waals surface area contributed by atoms with Crippen LogP contribution in [0.4, 0.5) is 0 Å². The first-order valence-electron chi connectivity index (χ1n) is 14.2. The summed E-state index contributed by atoms with van der Waals surface area (Å²) in [5.74, 6) is -0.276. The van der Waals surface area contributed by atoms with Crippen molar-refractivity contribution < 1.29 is 23.9 Å². The Kier molecular flexibility index (Phi) is 12.7. The first-order chi connectivity index (χ1) is 17.9. The molecule has 5 atom stereocenters. The van der Waals surface area contributed by atoms with Crippen LogP contribution in [0.15, 0.2) is 11.6 Å². The molecule has 0 saturated carbocycles. The molecule has 0 aromatic rings. The third-order valence-corrected chi connectivity index (χ3v) is 8.11. The van der Waals surface area contributed by atoms with Crippen molar-refractivity contribution in [1.29, 1.82) is 0 Å². The summed E-state index contributed by atoms with van der Waals surface area (Å²) < 4.78 is 10.8. The lowest BCUT2D eigenvalue weighted by Gasteiger charge is -2.36. The Labute approximate surface area is 230 Å². The molecule has 0 spiro atoms. The van der Waals surface area contributed by atoms with Crippen LogP contribution in [0.25, 0.3) is 0 Å². The van der Waals surface area contributed by atoms with Gasteiger partial charge in [0.25, 0.3) is 0 Å². The van der Waals surface area contributed by atoms with Crippen molar-refractivity contribution >= 4 is 17.7 Å². The number of likely N-dealkylation sites (N-methyl/N-ethyl adjacent to an activating group) is 2. The van der Waals surface area contributed by atoms with Gasteiger partial charge >= 0.3 is 0 Å². The first-order valence-corrected chi connectivity index (χ1v) is 14.2. The van der Waals surface area contributed by atoms with Crippen LogP contribution in [-0.2, 0) is 23.9 Å². The zero-order valence-electron chi connectivity index (χ0n) is 25.2. The largest absolute Gasteiger partial charge is 0.383 e. The number of piperidine rings is 1. The van der Waals surface area contributed by atoms with Gasteiger partial charge in [0.15, 0.2) is 0 Å². The average molecular weight is 537 g/mol. The molecule has 218 valence electrons. The van der Waals surface area contributed by atoms with Crippen LogP contribution in [-0.4, -0.2) is 111 Å². The van der Waals surface area contributed by atoms with E-state index < -0.39 is 6.04 Å². The van der Waals surface area contributed by atoms with Crippen molar-refractivity contribution in [3.05, 3.63) is 11.6 Å². The molecule has 0 radical (unpaired) electrons. The van der Waals surface area contributed by atoms with E-state index in [1.54, 1.807) is 26.2 Å². The van der Waals surface area contributed by atoms with Crippen molar-refractivity contribution in [3.63, 3.8) is 0 Å². The number of carbonyl (C=O) groups excluding carboxylic acids is 3. The van der Waals surface area contributed by atoms with Gasteiger partial charge in [-0.05, 0) is 58.0 Å². The van der Waals surface area contributed by atoms with E-state index in [-0.39, 0.29) is 53.7 Å². The van der Waals surface area contributed by atoms with Gasteiger partial charge in [-0.15, -0.1) is 0 Å². The number of amides is 3. The number of rotatable bonds is 12. The van der Waals surface area contributed by atoms with Gasteiger partial charge in [-0.2, -0.15) is 0 Å². The number of ether oxygens (including phenoxy) is 2. The lowest BCUT2D eigenvalue weighted by molar-refractivity contribution is -0.140. The second kappa shape index (κ2) is 15.0. The molecule has 9 heteroatoms. The van der Waals surface area contributed by atoms with E-state index in [9.17, 15) is 14.4 Å². The van der Waals surface area contributed by atoms with Crippen LogP contribution in [0.2, 0.25) is 0 Å². The molecule has 9 nitrogen and oxygen atoms in total. The fourth-order valence-electron chi connectivity index (χ4n) is 5.82. The van der Waals surface area contributed by atoms with Crippen molar-refractivity contribution in [3.8, 4) is 0 Å². The second-order valence-corrected chi connectivity index (χ2v) is 11.8. The normalized spacial score (nSPS) is 24.6. The molecule has 38 heavy (non-hydrogen) atoms. The van der Waals surface area contributed by atoms with Crippen LogP contribution in [0.3, 0.4) is 0 Å². The highest BCUT2D eigenvalue weighted by Gasteiger charge is 2.38. The van der Waals surface area contributed by atoms with E-state index in [4.69, 9.17) is 9.47 Å². The van der Waals surface area contributed by atoms with Crippen LogP contribution in [0, 0.1) is 11.8 Å². The molecule has 2 aliphatic rings. The number of carbonyl (C=O) groups is 3. The quantitative estimate of drug-likeness (QED) is 0.386. The maximum absolute atomic E-state index is 13.8. The monoisotopic (exact) mass is 536 g/mol. The lowest BCUT2D eigenvalue weighted by atomic mass is 9.96. The maximum atomic E-state index is 13.8. The van der Waals surface area contributed by atoms with E-state index in [0.717, 1.165) is 38.6 Å². The molecule has 0 aliphatic carbocycles. The zero-order valence-corrected chi connectivity index (χ0v) is 25.2. The highest BCUT2D eigenvalue weighted by molar-refractivity contribution is 5.94. The Morgan fingerprint density at radius 3 is 2.03 bits per heavy atom. The first kappa shape index (κ1) is 32.2. The Balaban J connectivity index is 2.23. The second-order valence-electron chi connectivity index (χ2n) is 11.8. The number of nitrogens with one attached hydrogen (secondary N) is 1. The molecule has 0 aromatic heterocycles. The molecule has 2 aliphatic heterocycles. The standard InChI is InChI=1S/C29H52N4O5/c1-19(2)25(16-21(5)28(35)33-22(17-37-8)13-14-23(33)18-38-9)32(7)29(36)26(20(3)4)30-27(34)24-12-10-11-15-31(24)6/h16,19-20,22-26H,10-15,17-18H2,1-9H3,(H,30,34)/t22-,23-,24+,25+,26-/m0/s1. The maximum Gasteiger partial charge on any atom is 0.249 e. The summed E-state index contributed by atoms with van der Waals surface area (Å²) in [6.45, 7) is 11.7. The Bertz CT molecular complexity index is 816. The van der Waals surface area contributed by atoms with Crippen molar-refractivity contribution in [2.24, 2.45) is 11.8 Å². The molecular weight excluding hydrogens is 484 g/mol. The van der Waals surface area contributed by atoms with Crippen molar-refractivity contribution in [2.75, 3.05) is 48.1 Å². The van der Waals surface area contributed by atoms with Gasteiger partial charge in [0, 0.05) is 26.8 Å². The lowest BCUT2D eigenvalue weighted by Crippen LogP contribution is -2.57. The molecule has 0 aromatic carbocycles. The fourth-order valence-corrected chi connectivity index (χ4v) is 5.82. The number of hydrogen-bond donors (Lipinski definition) is 1. The summed E-state index contributed by atoms with van der Waals surface area (Å²) in [5, 5.41) is 3.06. The van der Waals surface area contributed by atoms with Gasteiger partial charge in [-0.3, -0.25) is 19.3 Å². The summed E-state index contributed by atoms with van der Waals surface area (Å²) in [6.07, 6.45) is 6.57. The molecule has 2 fully saturated rings. The number of hydrogen-bond acceptors (Lipinski definition) is 6. The third kappa shape index (κ3) is 8.02. The Hall–Kier alpha value is -1.97. The predicted molar refractivity (Wildman–Crippen MR) is 150 cm³/mol. The summed E-state index contributed by atoms with van der Waals surface area (Å²) in [7, 11) is 7.05. The Morgan fingerprint density at radius 1 is 0.974 bits per heavy atom. The van der Waals surface area contributed by atoms with Crippen LogP contribution < -0.4 is 5.32 Å². The van der Waals surface area contributed by atoms with Gasteiger partial charge < -0.3 is 24.6 Å². The van der Waals surface area contributed by atoms with Gasteiger partial charge in [-0.1, -0.05) is 40.2 Å². The number of likely N-dealkylation sites (tertiary alicyclic amines) is 2. The summed E-state index contributed by atoms with van der Waals surface area (Å²) in [6, 6.07) is -1.13. The highest BCUT2D eigenvalue weighted by atomic mass is 16.5. The Morgan fingerprint density at radius 2 is 1.55 bits per heavy atom. The average Bonchev–Trinajstić information content (AvgIpc) is 3.26. The summed E-state index contributed by atoms with van der Waals surface area (Å²) in [4.78, 5) is 46.2. The van der Waals surface area contributed by atoms with E-state index in [1.807, 2.05) is 52.6 Å². The van der Waals surface area contributed by atoms with E-state index >= 15 is 0 Å². The van der Waals surface area contributed by atoms with Crippen LogP contribution in [0.5, 0.6) is 0 Å². The molecule has 1 N–H and O–H groups in total. The topological polar surface area (TPSA) is 91.4 Å².